The summed E-state index contributed by atoms with van der Waals surface area (Å²) in [6.07, 6.45) is 0. The number of anilines is 1. The number of benzene rings is 2. The van der Waals surface area contributed by atoms with Crippen molar-refractivity contribution in [1.29, 1.82) is 0 Å². The van der Waals surface area contributed by atoms with Crippen molar-refractivity contribution < 1.29 is 23.5 Å². The van der Waals surface area contributed by atoms with Crippen molar-refractivity contribution in [2.75, 3.05) is 5.32 Å². The smallest absolute Gasteiger partial charge is 0.357 e. The maximum absolute atomic E-state index is 13.1. The Kier molecular flexibility index (Phi) is 6.91. The van der Waals surface area contributed by atoms with Crippen LogP contribution in [0.5, 0.6) is 11.5 Å². The Labute approximate surface area is 191 Å². The Morgan fingerprint density at radius 1 is 1.00 bits per heavy atom. The molecule has 8 nitrogen and oxygen atoms in total. The number of halogens is 1. The number of rotatable bonds is 7. The predicted octanol–water partition coefficient (Wildman–Crippen LogP) is 4.32. The minimum atomic E-state index is -0.717. The van der Waals surface area contributed by atoms with Gasteiger partial charge in [-0.2, -0.15) is 0 Å². The first-order chi connectivity index (χ1) is 15.5. The van der Waals surface area contributed by atoms with E-state index in [0.29, 0.717) is 17.1 Å². The molecule has 0 fully saturated rings. The van der Waals surface area contributed by atoms with Crippen LogP contribution in [0.3, 0.4) is 0 Å². The number of esters is 1. The largest absolute Gasteiger partial charge is 0.457 e. The lowest BCUT2D eigenvalue weighted by molar-refractivity contribution is -0.118. The van der Waals surface area contributed by atoms with Gasteiger partial charge in [-0.1, -0.05) is 0 Å². The highest BCUT2D eigenvalue weighted by molar-refractivity contribution is 5.89. The maximum Gasteiger partial charge on any atom is 0.357 e. The molecule has 1 atom stereocenters. The summed E-state index contributed by atoms with van der Waals surface area (Å²) in [6, 6.07) is 13.2. The van der Waals surface area contributed by atoms with Gasteiger partial charge in [0.1, 0.15) is 34.8 Å². The summed E-state index contributed by atoms with van der Waals surface area (Å²) in [6.45, 7) is 6.84. The Hall–Kier alpha value is -4.01. The van der Waals surface area contributed by atoms with Crippen LogP contribution in [0.2, 0.25) is 0 Å². The molecule has 0 aliphatic rings. The van der Waals surface area contributed by atoms with E-state index in [4.69, 9.17) is 15.2 Å². The van der Waals surface area contributed by atoms with Crippen LogP contribution in [0.15, 0.2) is 54.6 Å². The third-order valence-electron chi connectivity index (χ3n) is 4.29. The molecule has 0 bridgehead atoms. The van der Waals surface area contributed by atoms with Gasteiger partial charge in [-0.3, -0.25) is 4.79 Å². The van der Waals surface area contributed by atoms with Crippen LogP contribution >= 0.6 is 0 Å². The molecule has 0 aliphatic carbocycles. The van der Waals surface area contributed by atoms with Gasteiger partial charge in [-0.05, 0) is 76.2 Å². The summed E-state index contributed by atoms with van der Waals surface area (Å²) in [7, 11) is 0. The van der Waals surface area contributed by atoms with Crippen molar-refractivity contribution in [2.45, 2.75) is 39.3 Å². The molecule has 0 aliphatic heterocycles. The zero-order valence-corrected chi connectivity index (χ0v) is 18.8. The van der Waals surface area contributed by atoms with Gasteiger partial charge in [0.05, 0.1) is 0 Å². The van der Waals surface area contributed by atoms with Crippen molar-refractivity contribution in [3.05, 3.63) is 66.1 Å². The van der Waals surface area contributed by atoms with E-state index < -0.39 is 23.5 Å². The standard InChI is InChI=1S/C24H25FN4O4/c1-14(21(26)30)27-20-13-19(23(31)33-24(2,3)4)28-22(29-20)15-5-9-17(10-6-15)32-18-11-7-16(25)8-12-18/h5-14H,1-4H3,(H2,26,30)(H,27,28,29)/t14-/m0/s1. The molecule has 3 aromatic rings. The van der Waals surface area contributed by atoms with Gasteiger partial charge in [0.25, 0.3) is 0 Å². The molecular weight excluding hydrogens is 427 g/mol. The number of nitrogens with two attached hydrogens (primary N) is 1. The molecular formula is C24H25FN4O4. The number of aromatic nitrogens is 2. The van der Waals surface area contributed by atoms with E-state index in [0.717, 1.165) is 0 Å². The molecule has 172 valence electrons. The summed E-state index contributed by atoms with van der Waals surface area (Å²) in [5, 5.41) is 2.87. The number of carbonyl (C=O) groups is 2. The number of hydrogen-bond donors (Lipinski definition) is 2. The molecule has 9 heteroatoms. The fourth-order valence-electron chi connectivity index (χ4n) is 2.69. The second-order valence-electron chi connectivity index (χ2n) is 8.31. The molecule has 1 amide bonds. The molecule has 0 unspecified atom stereocenters. The number of carbonyl (C=O) groups excluding carboxylic acids is 2. The summed E-state index contributed by atoms with van der Waals surface area (Å²) < 4.78 is 24.2. The minimum Gasteiger partial charge on any atom is -0.457 e. The minimum absolute atomic E-state index is 0.0285. The first-order valence-electron chi connectivity index (χ1n) is 10.2. The molecule has 0 spiro atoms. The zero-order chi connectivity index (χ0) is 24.2. The third kappa shape index (κ3) is 6.73. The molecule has 2 aromatic carbocycles. The number of nitrogens with one attached hydrogen (secondary N) is 1. The maximum atomic E-state index is 13.1. The first-order valence-corrected chi connectivity index (χ1v) is 10.2. The topological polar surface area (TPSA) is 116 Å². The quantitative estimate of drug-likeness (QED) is 0.513. The lowest BCUT2D eigenvalue weighted by Crippen LogP contribution is -2.33. The number of primary amides is 1. The summed E-state index contributed by atoms with van der Waals surface area (Å²) in [5.74, 6) is -0.0542. The van der Waals surface area contributed by atoms with Gasteiger partial charge < -0.3 is 20.5 Å². The number of ether oxygens (including phenoxy) is 2. The number of amides is 1. The SMILES string of the molecule is C[C@H](Nc1cc(C(=O)OC(C)(C)C)nc(-c2ccc(Oc3ccc(F)cc3)cc2)n1)C(N)=O. The van der Waals surface area contributed by atoms with Crippen molar-refractivity contribution in [3.8, 4) is 22.9 Å². The van der Waals surface area contributed by atoms with E-state index in [1.165, 1.54) is 30.3 Å². The van der Waals surface area contributed by atoms with Crippen LogP contribution in [0.1, 0.15) is 38.2 Å². The van der Waals surface area contributed by atoms with Gasteiger partial charge in [-0.25, -0.2) is 19.2 Å². The van der Waals surface area contributed by atoms with E-state index in [2.05, 4.69) is 15.3 Å². The van der Waals surface area contributed by atoms with Crippen molar-refractivity contribution >= 4 is 17.7 Å². The van der Waals surface area contributed by atoms with Gasteiger partial charge in [0.15, 0.2) is 11.5 Å². The van der Waals surface area contributed by atoms with E-state index in [1.807, 2.05) is 0 Å². The third-order valence-corrected chi connectivity index (χ3v) is 4.29. The molecule has 0 radical (unpaired) electrons. The molecule has 0 saturated heterocycles. The highest BCUT2D eigenvalue weighted by Crippen LogP contribution is 2.26. The molecule has 3 N–H and O–H groups in total. The normalized spacial score (nSPS) is 12.0. The van der Waals surface area contributed by atoms with Crippen molar-refractivity contribution in [2.24, 2.45) is 5.73 Å². The Balaban J connectivity index is 1.90. The van der Waals surface area contributed by atoms with Crippen molar-refractivity contribution in [3.63, 3.8) is 0 Å². The van der Waals surface area contributed by atoms with Crippen LogP contribution in [-0.2, 0) is 9.53 Å². The molecule has 1 heterocycles. The van der Waals surface area contributed by atoms with E-state index in [9.17, 15) is 14.0 Å². The average Bonchev–Trinajstić information content (AvgIpc) is 2.74. The zero-order valence-electron chi connectivity index (χ0n) is 18.8. The van der Waals surface area contributed by atoms with E-state index in [1.54, 1.807) is 52.0 Å². The monoisotopic (exact) mass is 452 g/mol. The van der Waals surface area contributed by atoms with Crippen LogP contribution < -0.4 is 15.8 Å². The average molecular weight is 452 g/mol. The highest BCUT2D eigenvalue weighted by Gasteiger charge is 2.21. The van der Waals surface area contributed by atoms with Crippen LogP contribution in [0.4, 0.5) is 10.2 Å². The Morgan fingerprint density at radius 3 is 2.12 bits per heavy atom. The van der Waals surface area contributed by atoms with Gasteiger partial charge >= 0.3 is 5.97 Å². The molecule has 1 aromatic heterocycles. The molecule has 3 rings (SSSR count). The molecule has 33 heavy (non-hydrogen) atoms. The van der Waals surface area contributed by atoms with Crippen LogP contribution in [-0.4, -0.2) is 33.5 Å². The van der Waals surface area contributed by atoms with Gasteiger partial charge in [-0.15, -0.1) is 0 Å². The highest BCUT2D eigenvalue weighted by atomic mass is 19.1. The number of nitrogens with zero attached hydrogens (tertiary/aromatic N) is 2. The van der Waals surface area contributed by atoms with E-state index >= 15 is 0 Å². The Bertz CT molecular complexity index is 1140. The lowest BCUT2D eigenvalue weighted by atomic mass is 10.2. The van der Waals surface area contributed by atoms with Gasteiger partial charge in [0.2, 0.25) is 5.91 Å². The van der Waals surface area contributed by atoms with Crippen molar-refractivity contribution in [1.82, 2.24) is 9.97 Å². The molecule has 0 saturated carbocycles. The lowest BCUT2D eigenvalue weighted by Gasteiger charge is -2.20. The van der Waals surface area contributed by atoms with Gasteiger partial charge in [0, 0.05) is 11.6 Å². The predicted molar refractivity (Wildman–Crippen MR) is 121 cm³/mol. The fraction of sp³-hybridized carbons (Fsp3) is 0.250. The second kappa shape index (κ2) is 9.64. The second-order valence-corrected chi connectivity index (χ2v) is 8.31. The van der Waals surface area contributed by atoms with Crippen LogP contribution in [0.25, 0.3) is 11.4 Å². The fourth-order valence-corrected chi connectivity index (χ4v) is 2.69. The Morgan fingerprint density at radius 2 is 1.58 bits per heavy atom. The summed E-state index contributed by atoms with van der Waals surface area (Å²) in [4.78, 5) is 32.8. The van der Waals surface area contributed by atoms with E-state index in [-0.39, 0.29) is 23.2 Å². The summed E-state index contributed by atoms with van der Waals surface area (Å²) >= 11 is 0. The first kappa shape index (κ1) is 23.6. The number of hydrogen-bond acceptors (Lipinski definition) is 7. The van der Waals surface area contributed by atoms with Crippen LogP contribution in [0, 0.1) is 5.82 Å². The summed E-state index contributed by atoms with van der Waals surface area (Å²) in [5.41, 5.74) is 5.25.